The van der Waals surface area contributed by atoms with E-state index in [0.29, 0.717) is 6.04 Å². The molecule has 20 heavy (non-hydrogen) atoms. The van der Waals surface area contributed by atoms with Crippen molar-refractivity contribution in [3.8, 4) is 5.75 Å². The van der Waals surface area contributed by atoms with Gasteiger partial charge >= 0.3 is 0 Å². The van der Waals surface area contributed by atoms with Crippen LogP contribution in [0.15, 0.2) is 12.1 Å². The molecule has 2 nitrogen and oxygen atoms in total. The van der Waals surface area contributed by atoms with E-state index in [9.17, 15) is 0 Å². The van der Waals surface area contributed by atoms with E-state index in [1.165, 1.54) is 42.4 Å². The lowest BCUT2D eigenvalue weighted by Gasteiger charge is -2.29. The third-order valence-electron chi connectivity index (χ3n) is 4.74. The first-order valence-corrected chi connectivity index (χ1v) is 8.02. The summed E-state index contributed by atoms with van der Waals surface area (Å²) >= 11 is 0. The molecule has 1 aromatic carbocycles. The zero-order valence-corrected chi connectivity index (χ0v) is 13.5. The number of aryl methyl sites for hydroxylation is 2. The number of nitrogens with one attached hydrogen (secondary N) is 1. The van der Waals surface area contributed by atoms with Gasteiger partial charge in [-0.3, -0.25) is 0 Å². The van der Waals surface area contributed by atoms with E-state index in [0.717, 1.165) is 24.8 Å². The second-order valence-corrected chi connectivity index (χ2v) is 6.32. The Morgan fingerprint density at radius 2 is 1.80 bits per heavy atom. The molecule has 2 heteroatoms. The molecule has 2 rings (SSSR count). The monoisotopic (exact) mass is 275 g/mol. The predicted molar refractivity (Wildman–Crippen MR) is 85.6 cm³/mol. The highest BCUT2D eigenvalue weighted by Gasteiger charge is 2.20. The van der Waals surface area contributed by atoms with Gasteiger partial charge in [0.1, 0.15) is 12.4 Å². The van der Waals surface area contributed by atoms with Crippen molar-refractivity contribution in [2.24, 2.45) is 5.92 Å². The van der Waals surface area contributed by atoms with Crippen LogP contribution in [-0.4, -0.2) is 19.2 Å². The Labute approximate surface area is 123 Å². The third-order valence-corrected chi connectivity index (χ3v) is 4.74. The average Bonchev–Trinajstić information content (AvgIpc) is 2.44. The molecule has 0 aliphatic heterocycles. The van der Waals surface area contributed by atoms with Crippen LogP contribution in [-0.2, 0) is 0 Å². The summed E-state index contributed by atoms with van der Waals surface area (Å²) in [4.78, 5) is 0. The quantitative estimate of drug-likeness (QED) is 0.815. The minimum absolute atomic E-state index is 0.687. The van der Waals surface area contributed by atoms with Crippen LogP contribution >= 0.6 is 0 Å². The number of ether oxygens (including phenoxy) is 1. The van der Waals surface area contributed by atoms with E-state index in [-0.39, 0.29) is 0 Å². The molecule has 2 unspecified atom stereocenters. The van der Waals surface area contributed by atoms with Gasteiger partial charge in [-0.1, -0.05) is 31.9 Å². The Bertz CT molecular complexity index is 441. The molecule has 0 amide bonds. The first-order valence-electron chi connectivity index (χ1n) is 8.02. The van der Waals surface area contributed by atoms with Gasteiger partial charge in [0.05, 0.1) is 0 Å². The van der Waals surface area contributed by atoms with Crippen molar-refractivity contribution in [1.29, 1.82) is 0 Å². The van der Waals surface area contributed by atoms with Gasteiger partial charge in [0.15, 0.2) is 0 Å². The number of benzene rings is 1. The van der Waals surface area contributed by atoms with Crippen molar-refractivity contribution >= 4 is 0 Å². The molecule has 1 aliphatic carbocycles. The number of hydrogen-bond acceptors (Lipinski definition) is 2. The van der Waals surface area contributed by atoms with Crippen molar-refractivity contribution in [3.05, 3.63) is 28.8 Å². The highest BCUT2D eigenvalue weighted by Crippen LogP contribution is 2.26. The van der Waals surface area contributed by atoms with Crippen LogP contribution in [0.5, 0.6) is 5.75 Å². The normalized spacial score (nSPS) is 22.8. The average molecular weight is 275 g/mol. The Hall–Kier alpha value is -1.02. The summed E-state index contributed by atoms with van der Waals surface area (Å²) in [6.07, 6.45) is 5.47. The van der Waals surface area contributed by atoms with Crippen LogP contribution in [0.1, 0.15) is 49.3 Å². The van der Waals surface area contributed by atoms with Crippen molar-refractivity contribution in [3.63, 3.8) is 0 Å². The van der Waals surface area contributed by atoms with Gasteiger partial charge in [0, 0.05) is 12.6 Å². The van der Waals surface area contributed by atoms with Crippen LogP contribution in [0.2, 0.25) is 0 Å². The van der Waals surface area contributed by atoms with Crippen molar-refractivity contribution in [2.75, 3.05) is 13.2 Å². The van der Waals surface area contributed by atoms with Gasteiger partial charge in [-0.25, -0.2) is 0 Å². The number of rotatable bonds is 5. The van der Waals surface area contributed by atoms with Crippen molar-refractivity contribution in [2.45, 2.75) is 59.4 Å². The van der Waals surface area contributed by atoms with Gasteiger partial charge in [0.2, 0.25) is 0 Å². The molecule has 0 aromatic heterocycles. The number of hydrogen-bond donors (Lipinski definition) is 1. The summed E-state index contributed by atoms with van der Waals surface area (Å²) in [5.41, 5.74) is 3.81. The van der Waals surface area contributed by atoms with Crippen LogP contribution < -0.4 is 10.1 Å². The Morgan fingerprint density at radius 3 is 2.55 bits per heavy atom. The van der Waals surface area contributed by atoms with Gasteiger partial charge < -0.3 is 10.1 Å². The smallest absolute Gasteiger partial charge is 0.125 e. The largest absolute Gasteiger partial charge is 0.492 e. The summed E-state index contributed by atoms with van der Waals surface area (Å²) in [5, 5.41) is 3.67. The molecule has 0 spiro atoms. The van der Waals surface area contributed by atoms with E-state index in [2.05, 4.69) is 45.1 Å². The third kappa shape index (κ3) is 3.76. The lowest BCUT2D eigenvalue weighted by molar-refractivity contribution is 0.250. The van der Waals surface area contributed by atoms with Crippen LogP contribution in [0.3, 0.4) is 0 Å². The lowest BCUT2D eigenvalue weighted by Crippen LogP contribution is -2.39. The Morgan fingerprint density at radius 1 is 1.10 bits per heavy atom. The standard InChI is InChI=1S/C18H29NO/c1-13-9-10-15(3)18(16(13)4)20-12-11-19-17-8-6-5-7-14(17)2/h9-10,14,17,19H,5-8,11-12H2,1-4H3. The molecule has 112 valence electrons. The molecule has 1 N–H and O–H groups in total. The fourth-order valence-corrected chi connectivity index (χ4v) is 3.16. The molecule has 0 bridgehead atoms. The first kappa shape index (κ1) is 15.4. The fourth-order valence-electron chi connectivity index (χ4n) is 3.16. The Balaban J connectivity index is 1.80. The molecule has 1 saturated carbocycles. The van der Waals surface area contributed by atoms with E-state index < -0.39 is 0 Å². The fraction of sp³-hybridized carbons (Fsp3) is 0.667. The van der Waals surface area contributed by atoms with Gasteiger partial charge in [-0.05, 0) is 56.2 Å². The van der Waals surface area contributed by atoms with Crippen molar-refractivity contribution in [1.82, 2.24) is 5.32 Å². The van der Waals surface area contributed by atoms with E-state index in [1.807, 2.05) is 0 Å². The van der Waals surface area contributed by atoms with Crippen molar-refractivity contribution < 1.29 is 4.74 Å². The minimum atomic E-state index is 0.687. The summed E-state index contributed by atoms with van der Waals surface area (Å²) in [6, 6.07) is 5.00. The van der Waals surface area contributed by atoms with Crippen LogP contribution in [0.4, 0.5) is 0 Å². The molecule has 0 heterocycles. The second-order valence-electron chi connectivity index (χ2n) is 6.32. The summed E-state index contributed by atoms with van der Waals surface area (Å²) in [6.45, 7) is 10.5. The molecule has 0 radical (unpaired) electrons. The predicted octanol–water partition coefficient (Wildman–Crippen LogP) is 4.16. The van der Waals surface area contributed by atoms with E-state index in [1.54, 1.807) is 0 Å². The zero-order valence-electron chi connectivity index (χ0n) is 13.5. The molecule has 1 aliphatic rings. The maximum absolute atomic E-state index is 6.01. The molecule has 2 atom stereocenters. The second kappa shape index (κ2) is 7.12. The molecule has 1 fully saturated rings. The topological polar surface area (TPSA) is 21.3 Å². The highest BCUT2D eigenvalue weighted by molar-refractivity contribution is 5.44. The molecular formula is C18H29NO. The van der Waals surface area contributed by atoms with Crippen LogP contribution in [0, 0.1) is 26.7 Å². The zero-order chi connectivity index (χ0) is 14.5. The van der Waals surface area contributed by atoms with Gasteiger partial charge in [-0.15, -0.1) is 0 Å². The van der Waals surface area contributed by atoms with Gasteiger partial charge in [-0.2, -0.15) is 0 Å². The molecular weight excluding hydrogens is 246 g/mol. The van der Waals surface area contributed by atoms with Crippen LogP contribution in [0.25, 0.3) is 0 Å². The maximum atomic E-state index is 6.01. The molecule has 0 saturated heterocycles. The van der Waals surface area contributed by atoms with E-state index in [4.69, 9.17) is 4.74 Å². The summed E-state index contributed by atoms with van der Waals surface area (Å²) in [5.74, 6) is 1.88. The van der Waals surface area contributed by atoms with Gasteiger partial charge in [0.25, 0.3) is 0 Å². The SMILES string of the molecule is Cc1ccc(C)c(OCCNC2CCCCC2C)c1C. The first-order chi connectivity index (χ1) is 9.59. The molecule has 1 aromatic rings. The summed E-state index contributed by atoms with van der Waals surface area (Å²) < 4.78 is 6.01. The lowest BCUT2D eigenvalue weighted by atomic mass is 9.86. The Kier molecular flexibility index (Phi) is 5.47. The maximum Gasteiger partial charge on any atom is 0.125 e. The summed E-state index contributed by atoms with van der Waals surface area (Å²) in [7, 11) is 0. The highest BCUT2D eigenvalue weighted by atomic mass is 16.5. The van der Waals surface area contributed by atoms with E-state index >= 15 is 0 Å². The minimum Gasteiger partial charge on any atom is -0.492 e.